The zero-order valence-corrected chi connectivity index (χ0v) is 14.6. The molecule has 2 heterocycles. The molecular weight excluding hydrogens is 378 g/mol. The summed E-state index contributed by atoms with van der Waals surface area (Å²) in [6.07, 6.45) is 1.94. The first-order valence-corrected chi connectivity index (χ1v) is 9.51. The van der Waals surface area contributed by atoms with E-state index in [4.69, 9.17) is 0 Å². The standard InChI is InChI=1S/C12H10F2N6OS3/c1-22-11-16-17-12(24-11)23-6-9-15-18-19-20(9)7-2-4-8(5-3-7)21-10(13)14/h2-5,10H,6H2,1H3. The molecule has 0 radical (unpaired) electrons. The maximum absolute atomic E-state index is 12.2. The number of nitrogens with zero attached hydrogens (tertiary/aromatic N) is 6. The number of rotatable bonds is 7. The average molecular weight is 388 g/mol. The predicted molar refractivity (Wildman–Crippen MR) is 87.0 cm³/mol. The van der Waals surface area contributed by atoms with Gasteiger partial charge in [-0.15, -0.1) is 15.3 Å². The topological polar surface area (TPSA) is 78.6 Å². The van der Waals surface area contributed by atoms with E-state index < -0.39 is 6.61 Å². The summed E-state index contributed by atoms with van der Waals surface area (Å²) < 4.78 is 31.9. The number of halogens is 2. The van der Waals surface area contributed by atoms with Gasteiger partial charge in [0.1, 0.15) is 5.75 Å². The lowest BCUT2D eigenvalue weighted by molar-refractivity contribution is -0.0498. The zero-order valence-electron chi connectivity index (χ0n) is 12.2. The lowest BCUT2D eigenvalue weighted by Gasteiger charge is -2.06. The van der Waals surface area contributed by atoms with Crippen molar-refractivity contribution in [3.8, 4) is 11.4 Å². The van der Waals surface area contributed by atoms with Crippen LogP contribution in [0.1, 0.15) is 5.82 Å². The molecule has 0 amide bonds. The first-order valence-electron chi connectivity index (χ1n) is 6.48. The summed E-state index contributed by atoms with van der Waals surface area (Å²) in [5.74, 6) is 1.20. The second-order valence-corrected chi connectivity index (χ2v) is 7.46. The van der Waals surface area contributed by atoms with E-state index in [-0.39, 0.29) is 5.75 Å². The first kappa shape index (κ1) is 17.0. The third-order valence-corrected chi connectivity index (χ3v) is 5.76. The maximum Gasteiger partial charge on any atom is 0.387 e. The van der Waals surface area contributed by atoms with Gasteiger partial charge >= 0.3 is 6.61 Å². The lowest BCUT2D eigenvalue weighted by atomic mass is 10.3. The molecule has 0 N–H and O–H groups in total. The second kappa shape index (κ2) is 7.85. The van der Waals surface area contributed by atoms with Crippen molar-refractivity contribution in [2.75, 3.05) is 6.26 Å². The second-order valence-electron chi connectivity index (χ2n) is 4.21. The third kappa shape index (κ3) is 4.19. The Bertz CT molecular complexity index is 794. The molecule has 12 heteroatoms. The molecule has 24 heavy (non-hydrogen) atoms. The van der Waals surface area contributed by atoms with Gasteiger partial charge in [-0.25, -0.2) is 0 Å². The molecule has 0 saturated heterocycles. The van der Waals surface area contributed by atoms with E-state index in [1.165, 1.54) is 51.7 Å². The van der Waals surface area contributed by atoms with Crippen molar-refractivity contribution in [3.63, 3.8) is 0 Å². The van der Waals surface area contributed by atoms with Crippen molar-refractivity contribution in [1.82, 2.24) is 30.4 Å². The minimum absolute atomic E-state index is 0.0798. The SMILES string of the molecule is CSc1nnc(SCc2nnnn2-c2ccc(OC(F)F)cc2)s1. The van der Waals surface area contributed by atoms with Crippen molar-refractivity contribution in [3.05, 3.63) is 30.1 Å². The summed E-state index contributed by atoms with van der Waals surface area (Å²) in [4.78, 5) is 0. The minimum atomic E-state index is -2.85. The van der Waals surface area contributed by atoms with Gasteiger partial charge in [0.15, 0.2) is 14.5 Å². The van der Waals surface area contributed by atoms with Crippen LogP contribution in [0.3, 0.4) is 0 Å². The Morgan fingerprint density at radius 2 is 1.92 bits per heavy atom. The molecule has 1 aromatic carbocycles. The van der Waals surface area contributed by atoms with E-state index >= 15 is 0 Å². The molecule has 126 valence electrons. The molecule has 0 unspecified atom stereocenters. The number of hydrogen-bond acceptors (Lipinski definition) is 9. The molecule has 0 bridgehead atoms. The van der Waals surface area contributed by atoms with E-state index in [9.17, 15) is 8.78 Å². The molecular formula is C12H10F2N6OS3. The smallest absolute Gasteiger partial charge is 0.387 e. The van der Waals surface area contributed by atoms with Gasteiger partial charge in [-0.1, -0.05) is 34.9 Å². The maximum atomic E-state index is 12.2. The van der Waals surface area contributed by atoms with Crippen LogP contribution < -0.4 is 4.74 Å². The highest BCUT2D eigenvalue weighted by atomic mass is 32.2. The number of ether oxygens (including phenoxy) is 1. The molecule has 0 aliphatic carbocycles. The molecule has 0 fully saturated rings. The molecule has 0 aliphatic heterocycles. The molecule has 7 nitrogen and oxygen atoms in total. The van der Waals surface area contributed by atoms with Gasteiger partial charge in [0, 0.05) is 0 Å². The molecule has 0 spiro atoms. The number of thioether (sulfide) groups is 2. The summed E-state index contributed by atoms with van der Waals surface area (Å²) in [5, 5.41) is 19.7. The summed E-state index contributed by atoms with van der Waals surface area (Å²) in [6.45, 7) is -2.85. The fourth-order valence-corrected chi connectivity index (χ4v) is 4.07. The van der Waals surface area contributed by atoms with Gasteiger partial charge in [-0.3, -0.25) is 0 Å². The number of hydrogen-bond donors (Lipinski definition) is 0. The Morgan fingerprint density at radius 3 is 2.58 bits per heavy atom. The van der Waals surface area contributed by atoms with Gasteiger partial charge in [-0.05, 0) is 40.9 Å². The molecule has 3 aromatic rings. The van der Waals surface area contributed by atoms with Crippen LogP contribution in [0, 0.1) is 0 Å². The van der Waals surface area contributed by atoms with Crippen LogP contribution in [0.25, 0.3) is 5.69 Å². The van der Waals surface area contributed by atoms with Crippen LogP contribution in [0.15, 0.2) is 32.9 Å². The molecule has 3 rings (SSSR count). The molecule has 0 saturated carbocycles. The Hall–Kier alpha value is -1.79. The Balaban J connectivity index is 1.70. The van der Waals surface area contributed by atoms with Crippen LogP contribution in [0.4, 0.5) is 8.78 Å². The van der Waals surface area contributed by atoms with Crippen molar-refractivity contribution in [2.24, 2.45) is 0 Å². The van der Waals surface area contributed by atoms with Crippen LogP contribution in [-0.2, 0) is 5.75 Å². The monoisotopic (exact) mass is 388 g/mol. The van der Waals surface area contributed by atoms with Crippen LogP contribution in [-0.4, -0.2) is 43.3 Å². The lowest BCUT2D eigenvalue weighted by Crippen LogP contribution is -2.04. The minimum Gasteiger partial charge on any atom is -0.435 e. The highest BCUT2D eigenvalue weighted by molar-refractivity contribution is 8.02. The quantitative estimate of drug-likeness (QED) is 0.571. The van der Waals surface area contributed by atoms with Gasteiger partial charge in [-0.2, -0.15) is 13.5 Å². The Labute approximate surface area is 147 Å². The number of alkyl halides is 2. The Morgan fingerprint density at radius 1 is 1.17 bits per heavy atom. The summed E-state index contributed by atoms with van der Waals surface area (Å²) >= 11 is 4.52. The van der Waals surface area contributed by atoms with Crippen LogP contribution in [0.2, 0.25) is 0 Å². The van der Waals surface area contributed by atoms with Gasteiger partial charge in [0.05, 0.1) is 11.4 Å². The summed E-state index contributed by atoms with van der Waals surface area (Å²) in [6, 6.07) is 6.10. The van der Waals surface area contributed by atoms with Gasteiger partial charge < -0.3 is 4.74 Å². The van der Waals surface area contributed by atoms with Crippen molar-refractivity contribution in [1.29, 1.82) is 0 Å². The number of tetrazole rings is 1. The van der Waals surface area contributed by atoms with E-state index in [0.717, 1.165) is 8.68 Å². The van der Waals surface area contributed by atoms with Gasteiger partial charge in [0.25, 0.3) is 0 Å². The third-order valence-electron chi connectivity index (χ3n) is 2.73. The van der Waals surface area contributed by atoms with E-state index in [1.807, 2.05) is 6.26 Å². The van der Waals surface area contributed by atoms with Crippen molar-refractivity contribution >= 4 is 34.9 Å². The largest absolute Gasteiger partial charge is 0.435 e. The molecule has 0 atom stereocenters. The number of aromatic nitrogens is 6. The normalized spacial score (nSPS) is 11.2. The first-order chi connectivity index (χ1) is 11.7. The summed E-state index contributed by atoms with van der Waals surface area (Å²) in [5.41, 5.74) is 0.652. The van der Waals surface area contributed by atoms with Crippen LogP contribution in [0.5, 0.6) is 5.75 Å². The van der Waals surface area contributed by atoms with E-state index in [1.54, 1.807) is 12.1 Å². The average Bonchev–Trinajstić information content (AvgIpc) is 3.22. The fraction of sp³-hybridized carbons (Fsp3) is 0.250. The van der Waals surface area contributed by atoms with Crippen LogP contribution >= 0.6 is 34.9 Å². The summed E-state index contributed by atoms with van der Waals surface area (Å²) in [7, 11) is 0. The van der Waals surface area contributed by atoms with Crippen molar-refractivity contribution in [2.45, 2.75) is 21.0 Å². The number of benzene rings is 1. The fourth-order valence-electron chi connectivity index (χ4n) is 1.73. The van der Waals surface area contributed by atoms with E-state index in [2.05, 4.69) is 30.5 Å². The van der Waals surface area contributed by atoms with E-state index in [0.29, 0.717) is 17.3 Å². The predicted octanol–water partition coefficient (Wildman–Crippen LogP) is 3.13. The molecule has 2 aromatic heterocycles. The molecule has 0 aliphatic rings. The zero-order chi connectivity index (χ0) is 16.9. The Kier molecular flexibility index (Phi) is 5.58. The van der Waals surface area contributed by atoms with Gasteiger partial charge in [0.2, 0.25) is 0 Å². The highest BCUT2D eigenvalue weighted by Crippen LogP contribution is 2.29. The highest BCUT2D eigenvalue weighted by Gasteiger charge is 2.12. The van der Waals surface area contributed by atoms with Crippen molar-refractivity contribution < 1.29 is 13.5 Å².